The van der Waals surface area contributed by atoms with Crippen molar-refractivity contribution in [2.75, 3.05) is 5.32 Å². The Kier molecular flexibility index (Phi) is 9.38. The third-order valence-electron chi connectivity index (χ3n) is 6.70. The molecule has 0 bridgehead atoms. The maximum atomic E-state index is 14.1. The maximum absolute atomic E-state index is 14.1. The van der Waals surface area contributed by atoms with E-state index in [-0.39, 0.29) is 17.9 Å². The highest BCUT2D eigenvalue weighted by molar-refractivity contribution is 6.00. The van der Waals surface area contributed by atoms with Crippen LogP contribution in [-0.2, 0) is 14.3 Å². The maximum Gasteiger partial charge on any atom is 0.408 e. The van der Waals surface area contributed by atoms with Crippen LogP contribution in [0.25, 0.3) is 10.8 Å². The molecular formula is C32H41N3O4. The smallest absolute Gasteiger partial charge is 0.408 e. The number of aryl methyl sites for hydroxylation is 2. The number of carbonyl (C=O) groups is 3. The fourth-order valence-corrected chi connectivity index (χ4v) is 4.51. The van der Waals surface area contributed by atoms with Gasteiger partial charge in [-0.05, 0) is 88.9 Å². The van der Waals surface area contributed by atoms with Gasteiger partial charge in [-0.2, -0.15) is 0 Å². The molecule has 208 valence electrons. The van der Waals surface area contributed by atoms with Gasteiger partial charge in [-0.25, -0.2) is 4.79 Å². The second-order valence-electron chi connectivity index (χ2n) is 11.2. The second kappa shape index (κ2) is 12.3. The van der Waals surface area contributed by atoms with Gasteiger partial charge in [0.1, 0.15) is 17.7 Å². The highest BCUT2D eigenvalue weighted by atomic mass is 16.6. The van der Waals surface area contributed by atoms with Crippen LogP contribution < -0.4 is 10.6 Å². The topological polar surface area (TPSA) is 87.7 Å². The Morgan fingerprint density at radius 3 is 2.23 bits per heavy atom. The van der Waals surface area contributed by atoms with E-state index in [2.05, 4.69) is 10.6 Å². The van der Waals surface area contributed by atoms with E-state index in [1.54, 1.807) is 32.6 Å². The lowest BCUT2D eigenvalue weighted by Crippen LogP contribution is -2.54. The van der Waals surface area contributed by atoms with Crippen LogP contribution in [0, 0.1) is 13.8 Å². The summed E-state index contributed by atoms with van der Waals surface area (Å²) in [6.07, 6.45) is -0.0634. The molecule has 7 nitrogen and oxygen atoms in total. The molecule has 0 fully saturated rings. The van der Waals surface area contributed by atoms with Gasteiger partial charge in [0, 0.05) is 11.7 Å². The molecule has 3 aromatic carbocycles. The Morgan fingerprint density at radius 1 is 0.923 bits per heavy atom. The predicted molar refractivity (Wildman–Crippen MR) is 157 cm³/mol. The van der Waals surface area contributed by atoms with Gasteiger partial charge in [0.05, 0.1) is 0 Å². The molecule has 3 unspecified atom stereocenters. The highest BCUT2D eigenvalue weighted by Crippen LogP contribution is 2.31. The molecule has 0 radical (unpaired) electrons. The van der Waals surface area contributed by atoms with E-state index >= 15 is 0 Å². The van der Waals surface area contributed by atoms with Crippen molar-refractivity contribution >= 4 is 34.4 Å². The van der Waals surface area contributed by atoms with Gasteiger partial charge in [-0.3, -0.25) is 9.59 Å². The Morgan fingerprint density at radius 2 is 1.59 bits per heavy atom. The summed E-state index contributed by atoms with van der Waals surface area (Å²) in [6.45, 7) is 14.7. The van der Waals surface area contributed by atoms with E-state index in [9.17, 15) is 14.4 Å². The monoisotopic (exact) mass is 531 g/mol. The minimum atomic E-state index is -0.915. The number of fused-ring (bicyclic) bond motifs is 1. The summed E-state index contributed by atoms with van der Waals surface area (Å²) >= 11 is 0. The second-order valence-corrected chi connectivity index (χ2v) is 11.2. The average molecular weight is 532 g/mol. The fraction of sp³-hybridized carbons (Fsp3) is 0.406. The average Bonchev–Trinajstić information content (AvgIpc) is 2.86. The van der Waals surface area contributed by atoms with Crippen LogP contribution in [0.4, 0.5) is 10.5 Å². The van der Waals surface area contributed by atoms with Crippen molar-refractivity contribution in [2.45, 2.75) is 85.5 Å². The third-order valence-corrected chi connectivity index (χ3v) is 6.70. The first kappa shape index (κ1) is 29.7. The van der Waals surface area contributed by atoms with E-state index in [1.165, 1.54) is 0 Å². The summed E-state index contributed by atoms with van der Waals surface area (Å²) in [5, 5.41) is 7.79. The van der Waals surface area contributed by atoms with Crippen molar-refractivity contribution in [1.29, 1.82) is 0 Å². The Hall–Kier alpha value is -3.87. The number of alkyl carbamates (subject to hydrolysis) is 1. The molecule has 0 saturated heterocycles. The number of rotatable bonds is 8. The van der Waals surface area contributed by atoms with E-state index in [0.29, 0.717) is 12.1 Å². The number of ether oxygens (including phenoxy) is 1. The van der Waals surface area contributed by atoms with Gasteiger partial charge in [0.15, 0.2) is 0 Å². The van der Waals surface area contributed by atoms with Crippen molar-refractivity contribution < 1.29 is 19.1 Å². The van der Waals surface area contributed by atoms with Gasteiger partial charge < -0.3 is 20.3 Å². The Balaban J connectivity index is 2.03. The first-order chi connectivity index (χ1) is 18.3. The first-order valence-electron chi connectivity index (χ1n) is 13.5. The summed E-state index contributed by atoms with van der Waals surface area (Å²) < 4.78 is 5.37. The lowest BCUT2D eigenvalue weighted by atomic mass is 9.94. The van der Waals surface area contributed by atoms with Gasteiger partial charge in [0.25, 0.3) is 5.91 Å². The molecule has 0 aliphatic carbocycles. The van der Waals surface area contributed by atoms with Crippen LogP contribution in [0.1, 0.15) is 70.7 Å². The van der Waals surface area contributed by atoms with Crippen LogP contribution in [0.2, 0.25) is 0 Å². The molecule has 0 saturated carbocycles. The van der Waals surface area contributed by atoms with E-state index < -0.39 is 23.8 Å². The predicted octanol–water partition coefficient (Wildman–Crippen LogP) is 6.68. The normalized spacial score (nSPS) is 13.7. The summed E-state index contributed by atoms with van der Waals surface area (Å²) in [6, 6.07) is 17.5. The molecule has 39 heavy (non-hydrogen) atoms. The van der Waals surface area contributed by atoms with Crippen LogP contribution in [0.15, 0.2) is 60.7 Å². The minimum Gasteiger partial charge on any atom is -0.444 e. The molecule has 0 spiro atoms. The van der Waals surface area contributed by atoms with Gasteiger partial charge in [-0.15, -0.1) is 0 Å². The summed E-state index contributed by atoms with van der Waals surface area (Å²) in [5.41, 5.74) is 2.56. The quantitative estimate of drug-likeness (QED) is 0.340. The number of hydrogen-bond donors (Lipinski definition) is 2. The number of anilines is 1. The molecule has 3 rings (SSSR count). The van der Waals surface area contributed by atoms with Gasteiger partial charge >= 0.3 is 6.09 Å². The number of amides is 3. The van der Waals surface area contributed by atoms with E-state index in [0.717, 1.165) is 27.5 Å². The molecular weight excluding hydrogens is 490 g/mol. The third kappa shape index (κ3) is 7.59. The van der Waals surface area contributed by atoms with Gasteiger partial charge in [0.2, 0.25) is 5.91 Å². The zero-order valence-corrected chi connectivity index (χ0v) is 24.3. The number of hydrogen-bond acceptors (Lipinski definition) is 4. The molecule has 0 aromatic heterocycles. The standard InChI is InChI=1S/C32H41N3O4/c1-9-22(4)35(30(37)23(5)33-31(38)39-32(6,7)8)28(27-18-20(2)14-15-21(27)3)29(36)34-26-17-16-24-12-10-11-13-25(24)19-26/h10-19,22-23,28H,9H2,1-8H3,(H,33,38)(H,34,36). The molecule has 3 atom stereocenters. The number of benzene rings is 3. The number of nitrogens with zero attached hydrogens (tertiary/aromatic N) is 1. The number of carbonyl (C=O) groups excluding carboxylic acids is 3. The molecule has 3 amide bonds. The van der Waals surface area contributed by atoms with Crippen LogP contribution in [-0.4, -0.2) is 40.5 Å². The highest BCUT2D eigenvalue weighted by Gasteiger charge is 2.38. The van der Waals surface area contributed by atoms with Crippen molar-refractivity contribution in [3.8, 4) is 0 Å². The first-order valence-corrected chi connectivity index (χ1v) is 13.5. The lowest BCUT2D eigenvalue weighted by Gasteiger charge is -2.38. The summed E-state index contributed by atoms with van der Waals surface area (Å²) in [7, 11) is 0. The Labute approximate surface area is 231 Å². The van der Waals surface area contributed by atoms with Crippen molar-refractivity contribution in [3.63, 3.8) is 0 Å². The van der Waals surface area contributed by atoms with Gasteiger partial charge in [-0.1, -0.05) is 61.0 Å². The van der Waals surface area contributed by atoms with E-state index in [1.807, 2.05) is 88.4 Å². The zero-order chi connectivity index (χ0) is 28.9. The van der Waals surface area contributed by atoms with Crippen molar-refractivity contribution in [2.24, 2.45) is 0 Å². The molecule has 0 heterocycles. The van der Waals surface area contributed by atoms with Crippen LogP contribution in [0.3, 0.4) is 0 Å². The van der Waals surface area contributed by atoms with E-state index in [4.69, 9.17) is 4.74 Å². The van der Waals surface area contributed by atoms with Crippen LogP contribution >= 0.6 is 0 Å². The molecule has 2 N–H and O–H groups in total. The minimum absolute atomic E-state index is 0.285. The fourth-order valence-electron chi connectivity index (χ4n) is 4.51. The molecule has 0 aliphatic rings. The van der Waals surface area contributed by atoms with Crippen molar-refractivity contribution in [3.05, 3.63) is 77.4 Å². The summed E-state index contributed by atoms with van der Waals surface area (Å²) in [4.78, 5) is 42.1. The molecule has 3 aromatic rings. The Bertz CT molecular complexity index is 1340. The molecule has 7 heteroatoms. The van der Waals surface area contributed by atoms with Crippen molar-refractivity contribution in [1.82, 2.24) is 10.2 Å². The molecule has 0 aliphatic heterocycles. The largest absolute Gasteiger partial charge is 0.444 e. The zero-order valence-electron chi connectivity index (χ0n) is 24.3. The SMILES string of the molecule is CCC(C)N(C(=O)C(C)NC(=O)OC(C)(C)C)C(C(=O)Nc1ccc2ccccc2c1)c1cc(C)ccc1C. The number of nitrogens with one attached hydrogen (secondary N) is 2. The lowest BCUT2D eigenvalue weighted by molar-refractivity contribution is -0.143. The van der Waals surface area contributed by atoms with Crippen LogP contribution in [0.5, 0.6) is 0 Å². The summed E-state index contributed by atoms with van der Waals surface area (Å²) in [5.74, 6) is -0.688.